The van der Waals surface area contributed by atoms with Crippen molar-refractivity contribution < 1.29 is 4.42 Å². The van der Waals surface area contributed by atoms with Gasteiger partial charge in [0, 0.05) is 10.6 Å². The molecule has 0 spiro atoms. The molecule has 0 bridgehead atoms. The van der Waals surface area contributed by atoms with E-state index in [0.29, 0.717) is 15.7 Å². The van der Waals surface area contributed by atoms with Crippen molar-refractivity contribution in [2.45, 2.75) is 0 Å². The molecule has 0 fully saturated rings. The fourth-order valence-electron chi connectivity index (χ4n) is 1.04. The second-order valence-corrected chi connectivity index (χ2v) is 3.34. The standard InChI is InChI=1S/C9H5Cl2NO/c10-6-1-2-7(8(11)3-6)9-4-13-5-12-9/h1-5H. The maximum atomic E-state index is 5.95. The summed E-state index contributed by atoms with van der Waals surface area (Å²) in [6.07, 6.45) is 2.90. The molecule has 0 radical (unpaired) electrons. The molecule has 2 nitrogen and oxygen atoms in total. The van der Waals surface area contributed by atoms with Crippen molar-refractivity contribution in [1.29, 1.82) is 0 Å². The first-order valence-corrected chi connectivity index (χ1v) is 4.36. The van der Waals surface area contributed by atoms with Crippen LogP contribution in [0.5, 0.6) is 0 Å². The lowest BCUT2D eigenvalue weighted by Gasteiger charge is -1.99. The number of aromatic nitrogens is 1. The molecule has 0 saturated heterocycles. The van der Waals surface area contributed by atoms with Gasteiger partial charge in [0.05, 0.1) is 5.02 Å². The van der Waals surface area contributed by atoms with Crippen LogP contribution < -0.4 is 0 Å². The van der Waals surface area contributed by atoms with E-state index < -0.39 is 0 Å². The van der Waals surface area contributed by atoms with E-state index in [4.69, 9.17) is 27.6 Å². The summed E-state index contributed by atoms with van der Waals surface area (Å²) in [5.74, 6) is 0. The van der Waals surface area contributed by atoms with E-state index in [-0.39, 0.29) is 0 Å². The Morgan fingerprint density at radius 2 is 2.08 bits per heavy atom. The summed E-state index contributed by atoms with van der Waals surface area (Å²) in [6, 6.07) is 5.24. The van der Waals surface area contributed by atoms with Gasteiger partial charge in [0.2, 0.25) is 0 Å². The molecule has 0 saturated carbocycles. The first kappa shape index (κ1) is 8.60. The minimum Gasteiger partial charge on any atom is -0.451 e. The second-order valence-electron chi connectivity index (χ2n) is 2.50. The Bertz CT molecular complexity index is 412. The van der Waals surface area contributed by atoms with E-state index >= 15 is 0 Å². The minimum absolute atomic E-state index is 0.571. The van der Waals surface area contributed by atoms with Crippen LogP contribution in [0.1, 0.15) is 0 Å². The van der Waals surface area contributed by atoms with Crippen molar-refractivity contribution in [2.75, 3.05) is 0 Å². The van der Waals surface area contributed by atoms with Gasteiger partial charge in [-0.1, -0.05) is 23.2 Å². The molecule has 1 aromatic carbocycles. The number of halogens is 2. The van der Waals surface area contributed by atoms with Crippen LogP contribution in [0.15, 0.2) is 35.3 Å². The van der Waals surface area contributed by atoms with Gasteiger partial charge >= 0.3 is 0 Å². The topological polar surface area (TPSA) is 26.0 Å². The Hall–Kier alpha value is -0.990. The lowest BCUT2D eigenvalue weighted by Crippen LogP contribution is -1.78. The Balaban J connectivity index is 2.53. The van der Waals surface area contributed by atoms with Crippen molar-refractivity contribution >= 4 is 23.2 Å². The molecular formula is C9H5Cl2NO. The van der Waals surface area contributed by atoms with E-state index in [0.717, 1.165) is 5.56 Å². The number of benzene rings is 1. The zero-order valence-corrected chi connectivity index (χ0v) is 8.01. The summed E-state index contributed by atoms with van der Waals surface area (Å²) in [5, 5.41) is 1.18. The molecule has 0 unspecified atom stereocenters. The smallest absolute Gasteiger partial charge is 0.181 e. The summed E-state index contributed by atoms with van der Waals surface area (Å²) in [7, 11) is 0. The summed E-state index contributed by atoms with van der Waals surface area (Å²) < 4.78 is 4.85. The highest BCUT2D eigenvalue weighted by Crippen LogP contribution is 2.28. The quantitative estimate of drug-likeness (QED) is 0.723. The lowest BCUT2D eigenvalue weighted by molar-refractivity contribution is 0.558. The van der Waals surface area contributed by atoms with Crippen molar-refractivity contribution in [3.05, 3.63) is 40.9 Å². The van der Waals surface area contributed by atoms with Gasteiger partial charge in [0.1, 0.15) is 12.0 Å². The van der Waals surface area contributed by atoms with Crippen molar-refractivity contribution in [3.63, 3.8) is 0 Å². The molecule has 13 heavy (non-hydrogen) atoms. The molecule has 2 aromatic rings. The van der Waals surface area contributed by atoms with Crippen molar-refractivity contribution in [3.8, 4) is 11.3 Å². The van der Waals surface area contributed by atoms with Crippen LogP contribution in [-0.2, 0) is 0 Å². The average molecular weight is 214 g/mol. The van der Waals surface area contributed by atoms with Crippen LogP contribution in [0.25, 0.3) is 11.3 Å². The van der Waals surface area contributed by atoms with E-state index in [1.807, 2.05) is 6.07 Å². The molecule has 4 heteroatoms. The summed E-state index contributed by atoms with van der Waals surface area (Å²) in [4.78, 5) is 3.98. The molecule has 0 aliphatic heterocycles. The van der Waals surface area contributed by atoms with Crippen LogP contribution in [0.3, 0.4) is 0 Å². The van der Waals surface area contributed by atoms with Gasteiger partial charge in [-0.3, -0.25) is 0 Å². The highest BCUT2D eigenvalue weighted by molar-refractivity contribution is 6.36. The normalized spacial score (nSPS) is 10.3. The minimum atomic E-state index is 0.571. The third-order valence-electron chi connectivity index (χ3n) is 1.64. The molecule has 0 atom stereocenters. The summed E-state index contributed by atoms with van der Waals surface area (Å²) in [5.41, 5.74) is 1.53. The van der Waals surface area contributed by atoms with Crippen LogP contribution in [-0.4, -0.2) is 4.98 Å². The van der Waals surface area contributed by atoms with Gasteiger partial charge in [0.25, 0.3) is 0 Å². The lowest BCUT2D eigenvalue weighted by atomic mass is 10.2. The molecule has 0 N–H and O–H groups in total. The van der Waals surface area contributed by atoms with Crippen LogP contribution in [0.2, 0.25) is 10.0 Å². The average Bonchev–Trinajstić information content (AvgIpc) is 2.56. The number of oxazole rings is 1. The number of hydrogen-bond acceptors (Lipinski definition) is 2. The van der Waals surface area contributed by atoms with Crippen LogP contribution in [0.4, 0.5) is 0 Å². The molecule has 0 aliphatic rings. The Morgan fingerprint density at radius 1 is 1.23 bits per heavy atom. The largest absolute Gasteiger partial charge is 0.451 e. The first-order chi connectivity index (χ1) is 6.27. The van der Waals surface area contributed by atoms with E-state index in [9.17, 15) is 0 Å². The van der Waals surface area contributed by atoms with Gasteiger partial charge in [-0.25, -0.2) is 4.98 Å². The van der Waals surface area contributed by atoms with Crippen molar-refractivity contribution in [1.82, 2.24) is 4.98 Å². The van der Waals surface area contributed by atoms with Gasteiger partial charge < -0.3 is 4.42 Å². The highest BCUT2D eigenvalue weighted by Gasteiger charge is 2.05. The van der Waals surface area contributed by atoms with Crippen molar-refractivity contribution in [2.24, 2.45) is 0 Å². The van der Waals surface area contributed by atoms with Gasteiger partial charge in [-0.05, 0) is 18.2 Å². The zero-order valence-electron chi connectivity index (χ0n) is 6.50. The third-order valence-corrected chi connectivity index (χ3v) is 2.19. The number of rotatable bonds is 1. The Kier molecular flexibility index (Phi) is 2.25. The SMILES string of the molecule is Clc1ccc(-c2cocn2)c(Cl)c1. The molecular weight excluding hydrogens is 209 g/mol. The Labute approximate surface area is 85.1 Å². The number of nitrogens with zero attached hydrogens (tertiary/aromatic N) is 1. The van der Waals surface area contributed by atoms with Gasteiger partial charge in [-0.15, -0.1) is 0 Å². The summed E-state index contributed by atoms with van der Waals surface area (Å²) in [6.45, 7) is 0. The van der Waals surface area contributed by atoms with E-state index in [1.165, 1.54) is 12.7 Å². The molecule has 0 aliphatic carbocycles. The van der Waals surface area contributed by atoms with Gasteiger partial charge in [-0.2, -0.15) is 0 Å². The van der Waals surface area contributed by atoms with Crippen LogP contribution >= 0.6 is 23.2 Å². The molecule has 66 valence electrons. The highest BCUT2D eigenvalue weighted by atomic mass is 35.5. The van der Waals surface area contributed by atoms with Gasteiger partial charge in [0.15, 0.2) is 6.39 Å². The van der Waals surface area contributed by atoms with E-state index in [1.54, 1.807) is 12.1 Å². The fourth-order valence-corrected chi connectivity index (χ4v) is 1.55. The maximum Gasteiger partial charge on any atom is 0.181 e. The maximum absolute atomic E-state index is 5.95. The predicted molar refractivity (Wildman–Crippen MR) is 52.0 cm³/mol. The first-order valence-electron chi connectivity index (χ1n) is 3.61. The Morgan fingerprint density at radius 3 is 2.69 bits per heavy atom. The predicted octanol–water partition coefficient (Wildman–Crippen LogP) is 3.65. The van der Waals surface area contributed by atoms with Crippen LogP contribution in [0, 0.1) is 0 Å². The summed E-state index contributed by atoms with van der Waals surface area (Å²) >= 11 is 11.7. The molecule has 2 rings (SSSR count). The third kappa shape index (κ3) is 1.69. The van der Waals surface area contributed by atoms with E-state index in [2.05, 4.69) is 4.98 Å². The zero-order chi connectivity index (χ0) is 9.26. The molecule has 1 aromatic heterocycles. The fraction of sp³-hybridized carbons (Fsp3) is 0. The molecule has 0 amide bonds. The number of hydrogen-bond donors (Lipinski definition) is 0. The monoisotopic (exact) mass is 213 g/mol. The second kappa shape index (κ2) is 3.40. The molecule has 1 heterocycles.